The van der Waals surface area contributed by atoms with E-state index in [2.05, 4.69) is 4.98 Å². The molecule has 0 aliphatic rings. The average Bonchev–Trinajstić information content (AvgIpc) is 2.83. The van der Waals surface area contributed by atoms with Crippen molar-refractivity contribution >= 4 is 5.97 Å². The third-order valence-corrected chi connectivity index (χ3v) is 3.06. The van der Waals surface area contributed by atoms with Crippen LogP contribution in [0.5, 0.6) is 5.75 Å². The number of methoxy groups -OCH3 is 1. The normalized spacial score (nSPS) is 12.1. The first kappa shape index (κ1) is 13.1. The maximum absolute atomic E-state index is 11.6. The standard InChI is InChI=1S/C14H16N2O3/c1-16-8-7-15-14(16)12(9-13(18)19-2)10-3-5-11(17)6-4-10/h3-8,12,17H,9H2,1-2H3. The van der Waals surface area contributed by atoms with Crippen LogP contribution >= 0.6 is 0 Å². The first-order valence-electron chi connectivity index (χ1n) is 5.94. The van der Waals surface area contributed by atoms with Crippen molar-refractivity contribution in [3.05, 3.63) is 48.0 Å². The fourth-order valence-electron chi connectivity index (χ4n) is 2.03. The largest absolute Gasteiger partial charge is 0.508 e. The molecule has 5 heteroatoms. The Morgan fingerprint density at radius 1 is 1.42 bits per heavy atom. The molecule has 0 aliphatic heterocycles. The van der Waals surface area contributed by atoms with Crippen molar-refractivity contribution in [3.8, 4) is 5.75 Å². The molecule has 0 fully saturated rings. The molecular weight excluding hydrogens is 244 g/mol. The number of phenols is 1. The van der Waals surface area contributed by atoms with Crippen molar-refractivity contribution in [2.45, 2.75) is 12.3 Å². The lowest BCUT2D eigenvalue weighted by molar-refractivity contribution is -0.140. The molecule has 1 atom stereocenters. The van der Waals surface area contributed by atoms with Gasteiger partial charge in [0.05, 0.1) is 19.4 Å². The van der Waals surface area contributed by atoms with Crippen molar-refractivity contribution in [1.29, 1.82) is 0 Å². The molecule has 0 spiro atoms. The zero-order valence-corrected chi connectivity index (χ0v) is 10.9. The number of aromatic nitrogens is 2. The summed E-state index contributed by atoms with van der Waals surface area (Å²) in [5, 5.41) is 9.34. The SMILES string of the molecule is COC(=O)CC(c1ccc(O)cc1)c1nccn1C. The maximum atomic E-state index is 11.6. The second-order valence-electron chi connectivity index (χ2n) is 4.32. The van der Waals surface area contributed by atoms with Crippen LogP contribution in [0.4, 0.5) is 0 Å². The fraction of sp³-hybridized carbons (Fsp3) is 0.286. The maximum Gasteiger partial charge on any atom is 0.306 e. The number of benzene rings is 1. The third-order valence-electron chi connectivity index (χ3n) is 3.06. The number of imidazole rings is 1. The second kappa shape index (κ2) is 5.56. The first-order valence-corrected chi connectivity index (χ1v) is 5.94. The molecule has 2 aromatic rings. The van der Waals surface area contributed by atoms with Gasteiger partial charge in [0.2, 0.25) is 0 Å². The third kappa shape index (κ3) is 2.93. The van der Waals surface area contributed by atoms with Crippen LogP contribution in [0.25, 0.3) is 0 Å². The molecule has 0 saturated heterocycles. The zero-order valence-electron chi connectivity index (χ0n) is 10.9. The van der Waals surface area contributed by atoms with E-state index >= 15 is 0 Å². The molecule has 2 rings (SSSR count). The molecule has 0 radical (unpaired) electrons. The minimum atomic E-state index is -0.291. The summed E-state index contributed by atoms with van der Waals surface area (Å²) in [6.45, 7) is 0. The number of aromatic hydroxyl groups is 1. The molecule has 1 unspecified atom stereocenters. The van der Waals surface area contributed by atoms with Crippen molar-refractivity contribution < 1.29 is 14.6 Å². The lowest BCUT2D eigenvalue weighted by Gasteiger charge is -2.16. The van der Waals surface area contributed by atoms with E-state index < -0.39 is 0 Å². The Kier molecular flexibility index (Phi) is 3.85. The van der Waals surface area contributed by atoms with Crippen LogP contribution in [0.3, 0.4) is 0 Å². The van der Waals surface area contributed by atoms with E-state index in [9.17, 15) is 9.90 Å². The molecular formula is C14H16N2O3. The summed E-state index contributed by atoms with van der Waals surface area (Å²) in [6, 6.07) is 6.78. The Hall–Kier alpha value is -2.30. The molecule has 0 amide bonds. The van der Waals surface area contributed by atoms with Crippen molar-refractivity contribution in [2.75, 3.05) is 7.11 Å². The Morgan fingerprint density at radius 3 is 2.63 bits per heavy atom. The van der Waals surface area contributed by atoms with Gasteiger partial charge in [-0.15, -0.1) is 0 Å². The highest BCUT2D eigenvalue weighted by Gasteiger charge is 2.22. The van der Waals surface area contributed by atoms with E-state index in [1.807, 2.05) is 17.8 Å². The predicted molar refractivity (Wildman–Crippen MR) is 69.8 cm³/mol. The van der Waals surface area contributed by atoms with Gasteiger partial charge in [-0.05, 0) is 17.7 Å². The van der Waals surface area contributed by atoms with Crippen LogP contribution in [0.2, 0.25) is 0 Å². The summed E-state index contributed by atoms with van der Waals surface area (Å²) >= 11 is 0. The monoisotopic (exact) mass is 260 g/mol. The van der Waals surface area contributed by atoms with Gasteiger partial charge in [0.15, 0.2) is 0 Å². The number of rotatable bonds is 4. The van der Waals surface area contributed by atoms with E-state index in [4.69, 9.17) is 4.74 Å². The molecule has 5 nitrogen and oxygen atoms in total. The molecule has 100 valence electrons. The lowest BCUT2D eigenvalue weighted by atomic mass is 9.94. The summed E-state index contributed by atoms with van der Waals surface area (Å²) in [5.74, 6) is 0.505. The van der Waals surface area contributed by atoms with Gasteiger partial charge in [-0.1, -0.05) is 12.1 Å². The Balaban J connectivity index is 2.37. The molecule has 1 heterocycles. The number of carbonyl (C=O) groups is 1. The van der Waals surface area contributed by atoms with E-state index in [1.165, 1.54) is 7.11 Å². The van der Waals surface area contributed by atoms with Crippen LogP contribution in [-0.4, -0.2) is 27.7 Å². The summed E-state index contributed by atoms with van der Waals surface area (Å²) in [5.41, 5.74) is 0.914. The Labute approximate surface area is 111 Å². The van der Waals surface area contributed by atoms with Gasteiger partial charge in [0, 0.05) is 19.4 Å². The number of aryl methyl sites for hydroxylation is 1. The van der Waals surface area contributed by atoms with E-state index in [0.29, 0.717) is 0 Å². The number of esters is 1. The number of carbonyl (C=O) groups excluding carboxylic acids is 1. The van der Waals surface area contributed by atoms with Gasteiger partial charge in [-0.25, -0.2) is 4.98 Å². The quantitative estimate of drug-likeness (QED) is 0.852. The topological polar surface area (TPSA) is 64.3 Å². The van der Waals surface area contributed by atoms with Crippen molar-refractivity contribution in [1.82, 2.24) is 9.55 Å². The smallest absolute Gasteiger partial charge is 0.306 e. The van der Waals surface area contributed by atoms with Crippen molar-refractivity contribution in [2.24, 2.45) is 7.05 Å². The first-order chi connectivity index (χ1) is 9.11. The van der Waals surface area contributed by atoms with Crippen LogP contribution in [-0.2, 0) is 16.6 Å². The van der Waals surface area contributed by atoms with Gasteiger partial charge >= 0.3 is 5.97 Å². The summed E-state index contributed by atoms with van der Waals surface area (Å²) < 4.78 is 6.61. The van der Waals surface area contributed by atoms with Crippen LogP contribution in [0.1, 0.15) is 23.7 Å². The minimum absolute atomic E-state index is 0.187. The molecule has 19 heavy (non-hydrogen) atoms. The zero-order chi connectivity index (χ0) is 13.8. The predicted octanol–water partition coefficient (Wildman–Crippen LogP) is 1.82. The van der Waals surface area contributed by atoms with Gasteiger partial charge in [0.1, 0.15) is 11.6 Å². The number of nitrogens with zero attached hydrogens (tertiary/aromatic N) is 2. The number of hydrogen-bond acceptors (Lipinski definition) is 4. The molecule has 1 aromatic carbocycles. The van der Waals surface area contributed by atoms with Gasteiger partial charge in [0.25, 0.3) is 0 Å². The van der Waals surface area contributed by atoms with Gasteiger partial charge in [-0.3, -0.25) is 4.79 Å². The second-order valence-corrected chi connectivity index (χ2v) is 4.32. The Morgan fingerprint density at radius 2 is 2.11 bits per heavy atom. The molecule has 0 bridgehead atoms. The molecule has 0 saturated carbocycles. The molecule has 1 N–H and O–H groups in total. The number of phenolic OH excluding ortho intramolecular Hbond substituents is 1. The summed E-state index contributed by atoms with van der Waals surface area (Å²) in [6.07, 6.45) is 3.74. The van der Waals surface area contributed by atoms with Crippen LogP contribution < -0.4 is 0 Å². The fourth-order valence-corrected chi connectivity index (χ4v) is 2.03. The van der Waals surface area contributed by atoms with Crippen molar-refractivity contribution in [3.63, 3.8) is 0 Å². The lowest BCUT2D eigenvalue weighted by Crippen LogP contribution is -2.13. The van der Waals surface area contributed by atoms with Crippen LogP contribution in [0.15, 0.2) is 36.7 Å². The summed E-state index contributed by atoms with van der Waals surface area (Å²) in [7, 11) is 3.25. The van der Waals surface area contributed by atoms with E-state index in [1.54, 1.807) is 30.5 Å². The van der Waals surface area contributed by atoms with Gasteiger partial charge in [-0.2, -0.15) is 0 Å². The molecule has 1 aromatic heterocycles. The van der Waals surface area contributed by atoms with E-state index in [-0.39, 0.29) is 24.1 Å². The van der Waals surface area contributed by atoms with Crippen LogP contribution in [0, 0.1) is 0 Å². The van der Waals surface area contributed by atoms with E-state index in [0.717, 1.165) is 11.4 Å². The average molecular weight is 260 g/mol. The number of ether oxygens (including phenoxy) is 1. The highest BCUT2D eigenvalue weighted by Crippen LogP contribution is 2.28. The number of hydrogen-bond donors (Lipinski definition) is 1. The molecule has 0 aliphatic carbocycles. The minimum Gasteiger partial charge on any atom is -0.508 e. The summed E-state index contributed by atoms with van der Waals surface area (Å²) in [4.78, 5) is 15.9. The highest BCUT2D eigenvalue weighted by molar-refractivity contribution is 5.71. The highest BCUT2D eigenvalue weighted by atomic mass is 16.5. The Bertz CT molecular complexity index is 560. The van der Waals surface area contributed by atoms with Gasteiger partial charge < -0.3 is 14.4 Å².